The molecule has 3 aliphatic rings. The maximum Gasteiger partial charge on any atom is 0.228 e. The topological polar surface area (TPSA) is 58.4 Å². The van der Waals surface area contributed by atoms with Gasteiger partial charge in [0.15, 0.2) is 0 Å². The number of imidazole rings is 1. The van der Waals surface area contributed by atoms with Crippen LogP contribution in [0.1, 0.15) is 56.8 Å². The number of hydrogen-bond acceptors (Lipinski definition) is 3. The van der Waals surface area contributed by atoms with Crippen LogP contribution in [0, 0.1) is 12.8 Å². The van der Waals surface area contributed by atoms with Crippen molar-refractivity contribution in [3.63, 3.8) is 0 Å². The first-order chi connectivity index (χ1) is 12.1. The molecule has 1 aromatic rings. The molecule has 0 aromatic carbocycles. The van der Waals surface area contributed by atoms with Gasteiger partial charge in [0.25, 0.3) is 0 Å². The van der Waals surface area contributed by atoms with Gasteiger partial charge in [0.1, 0.15) is 5.82 Å². The average Bonchev–Trinajstić information content (AvgIpc) is 3.35. The summed E-state index contributed by atoms with van der Waals surface area (Å²) >= 11 is 0. The number of nitrogens with zero attached hydrogens (tertiary/aromatic N) is 4. The molecule has 136 valence electrons. The Hall–Kier alpha value is -1.85. The van der Waals surface area contributed by atoms with Gasteiger partial charge < -0.3 is 14.4 Å². The lowest BCUT2D eigenvalue weighted by Gasteiger charge is -2.35. The minimum atomic E-state index is -0.143. The van der Waals surface area contributed by atoms with E-state index in [1.807, 2.05) is 29.1 Å². The van der Waals surface area contributed by atoms with Crippen LogP contribution in [0.4, 0.5) is 0 Å². The third-order valence-corrected chi connectivity index (χ3v) is 6.24. The zero-order valence-electron chi connectivity index (χ0n) is 15.1. The first-order valence-electron chi connectivity index (χ1n) is 9.71. The molecule has 25 heavy (non-hydrogen) atoms. The number of amides is 2. The molecule has 1 aromatic heterocycles. The predicted molar refractivity (Wildman–Crippen MR) is 93.9 cm³/mol. The summed E-state index contributed by atoms with van der Waals surface area (Å²) in [6.45, 7) is 4.20. The molecular weight excluding hydrogens is 316 g/mol. The van der Waals surface area contributed by atoms with E-state index in [0.29, 0.717) is 25.0 Å². The second-order valence-corrected chi connectivity index (χ2v) is 7.85. The molecule has 2 amide bonds. The molecule has 2 atom stereocenters. The number of likely N-dealkylation sites (tertiary alicyclic amines) is 2. The van der Waals surface area contributed by atoms with Gasteiger partial charge in [0.05, 0.1) is 12.0 Å². The molecule has 3 fully saturated rings. The summed E-state index contributed by atoms with van der Waals surface area (Å²) in [4.78, 5) is 33.7. The smallest absolute Gasteiger partial charge is 0.228 e. The van der Waals surface area contributed by atoms with E-state index in [2.05, 4.69) is 9.55 Å². The third-order valence-electron chi connectivity index (χ3n) is 6.24. The van der Waals surface area contributed by atoms with E-state index < -0.39 is 0 Å². The Morgan fingerprint density at radius 1 is 1.12 bits per heavy atom. The van der Waals surface area contributed by atoms with Crippen LogP contribution >= 0.6 is 0 Å². The van der Waals surface area contributed by atoms with Crippen LogP contribution in [-0.4, -0.2) is 56.8 Å². The van der Waals surface area contributed by atoms with E-state index in [1.54, 1.807) is 0 Å². The lowest BCUT2D eigenvalue weighted by atomic mass is 10.0. The molecule has 6 heteroatoms. The molecular formula is C19H28N4O2. The van der Waals surface area contributed by atoms with Crippen molar-refractivity contribution < 1.29 is 9.59 Å². The van der Waals surface area contributed by atoms with Crippen molar-refractivity contribution in [1.29, 1.82) is 0 Å². The zero-order chi connectivity index (χ0) is 17.4. The highest BCUT2D eigenvalue weighted by Crippen LogP contribution is 2.31. The minimum absolute atomic E-state index is 0.143. The number of aryl methyl sites for hydroxylation is 1. The van der Waals surface area contributed by atoms with Gasteiger partial charge in [-0.1, -0.05) is 12.8 Å². The average molecular weight is 344 g/mol. The summed E-state index contributed by atoms with van der Waals surface area (Å²) in [5.41, 5.74) is 0. The fourth-order valence-corrected chi connectivity index (χ4v) is 4.88. The number of carbonyl (C=O) groups is 2. The Kier molecular flexibility index (Phi) is 4.52. The molecule has 2 aliphatic heterocycles. The lowest BCUT2D eigenvalue weighted by molar-refractivity contribution is -0.137. The molecule has 6 nitrogen and oxygen atoms in total. The summed E-state index contributed by atoms with van der Waals surface area (Å²) in [5.74, 6) is 1.22. The van der Waals surface area contributed by atoms with Crippen molar-refractivity contribution in [2.45, 2.75) is 64.0 Å². The highest BCUT2D eigenvalue weighted by Gasteiger charge is 2.40. The third kappa shape index (κ3) is 3.18. The Morgan fingerprint density at radius 2 is 1.88 bits per heavy atom. The van der Waals surface area contributed by atoms with Crippen LogP contribution in [0.2, 0.25) is 0 Å². The van der Waals surface area contributed by atoms with Gasteiger partial charge in [-0.05, 0) is 32.6 Å². The normalized spacial score (nSPS) is 28.1. The van der Waals surface area contributed by atoms with Crippen molar-refractivity contribution in [2.24, 2.45) is 5.92 Å². The molecule has 1 saturated carbocycles. The lowest BCUT2D eigenvalue weighted by Crippen LogP contribution is -2.44. The van der Waals surface area contributed by atoms with Crippen molar-refractivity contribution in [2.75, 3.05) is 19.6 Å². The van der Waals surface area contributed by atoms with Crippen LogP contribution in [0.15, 0.2) is 12.4 Å². The van der Waals surface area contributed by atoms with E-state index in [0.717, 1.165) is 44.6 Å². The summed E-state index contributed by atoms with van der Waals surface area (Å²) in [6.07, 6.45) is 11.0. The van der Waals surface area contributed by atoms with Crippen LogP contribution in [-0.2, 0) is 9.59 Å². The van der Waals surface area contributed by atoms with Crippen LogP contribution in [0.3, 0.4) is 0 Å². The van der Waals surface area contributed by atoms with Crippen molar-refractivity contribution in [3.05, 3.63) is 18.2 Å². The van der Waals surface area contributed by atoms with Gasteiger partial charge in [-0.2, -0.15) is 0 Å². The maximum atomic E-state index is 13.0. The van der Waals surface area contributed by atoms with Crippen LogP contribution in [0.5, 0.6) is 0 Å². The van der Waals surface area contributed by atoms with E-state index in [-0.39, 0.29) is 17.7 Å². The second kappa shape index (κ2) is 6.81. The highest BCUT2D eigenvalue weighted by molar-refractivity contribution is 5.89. The second-order valence-electron chi connectivity index (χ2n) is 7.85. The Balaban J connectivity index is 1.40. The van der Waals surface area contributed by atoms with Gasteiger partial charge in [-0.3, -0.25) is 9.59 Å². The van der Waals surface area contributed by atoms with E-state index in [4.69, 9.17) is 0 Å². The minimum Gasteiger partial charge on any atom is -0.340 e. The number of hydrogen-bond donors (Lipinski definition) is 0. The molecule has 1 aliphatic carbocycles. The summed E-state index contributed by atoms with van der Waals surface area (Å²) in [6, 6.07) is 0.691. The van der Waals surface area contributed by atoms with E-state index >= 15 is 0 Å². The first-order valence-corrected chi connectivity index (χ1v) is 9.71. The van der Waals surface area contributed by atoms with Gasteiger partial charge in [-0.15, -0.1) is 0 Å². The first kappa shape index (κ1) is 16.6. The standard InChI is InChI=1S/C19H28N4O2/c1-14-20-8-10-22(14)17-7-4-9-21(13-17)19(25)15-11-18(24)23(12-15)16-5-2-3-6-16/h8,10,15-17H,2-7,9,11-13H2,1H3/t15-,17+/m0/s1. The maximum absolute atomic E-state index is 13.0. The summed E-state index contributed by atoms with van der Waals surface area (Å²) in [5, 5.41) is 0. The number of carbonyl (C=O) groups excluding carboxylic acids is 2. The van der Waals surface area contributed by atoms with Gasteiger partial charge in [0, 0.05) is 44.5 Å². The van der Waals surface area contributed by atoms with Crippen molar-refractivity contribution >= 4 is 11.8 Å². The predicted octanol–water partition coefficient (Wildman–Crippen LogP) is 2.15. The number of rotatable bonds is 3. The van der Waals surface area contributed by atoms with E-state index in [9.17, 15) is 9.59 Å². The monoisotopic (exact) mass is 344 g/mol. The summed E-state index contributed by atoms with van der Waals surface area (Å²) in [7, 11) is 0. The summed E-state index contributed by atoms with van der Waals surface area (Å²) < 4.78 is 2.18. The molecule has 2 saturated heterocycles. The van der Waals surface area contributed by atoms with Gasteiger partial charge in [-0.25, -0.2) is 4.98 Å². The fraction of sp³-hybridized carbons (Fsp3) is 0.737. The molecule has 0 bridgehead atoms. The molecule has 0 spiro atoms. The molecule has 0 unspecified atom stereocenters. The van der Waals surface area contributed by atoms with Crippen LogP contribution in [0.25, 0.3) is 0 Å². The Bertz CT molecular complexity index is 650. The highest BCUT2D eigenvalue weighted by atomic mass is 16.2. The molecule has 3 heterocycles. The fourth-order valence-electron chi connectivity index (χ4n) is 4.88. The van der Waals surface area contributed by atoms with E-state index in [1.165, 1.54) is 12.8 Å². The van der Waals surface area contributed by atoms with Gasteiger partial charge >= 0.3 is 0 Å². The van der Waals surface area contributed by atoms with Crippen molar-refractivity contribution in [3.8, 4) is 0 Å². The molecule has 0 N–H and O–H groups in total. The van der Waals surface area contributed by atoms with Crippen molar-refractivity contribution in [1.82, 2.24) is 19.4 Å². The molecule has 0 radical (unpaired) electrons. The van der Waals surface area contributed by atoms with Crippen LogP contribution < -0.4 is 0 Å². The van der Waals surface area contributed by atoms with Gasteiger partial charge in [0.2, 0.25) is 11.8 Å². The Morgan fingerprint density at radius 3 is 2.60 bits per heavy atom. The number of piperidine rings is 1. The zero-order valence-corrected chi connectivity index (χ0v) is 15.1. The number of aromatic nitrogens is 2. The largest absolute Gasteiger partial charge is 0.340 e. The Labute approximate surface area is 149 Å². The SMILES string of the molecule is Cc1nccn1[C@@H]1CCCN(C(=O)[C@H]2CC(=O)N(C3CCCC3)C2)C1. The quantitative estimate of drug-likeness (QED) is 0.844. The molecule has 4 rings (SSSR count).